The number of nitrogens with two attached hydrogens (primary N) is 1. The molecule has 5 heterocycles. The number of sulfonamides is 1. The first-order valence-corrected chi connectivity index (χ1v) is 13.3. The van der Waals surface area contributed by atoms with Crippen LogP contribution in [0.2, 0.25) is 0 Å². The van der Waals surface area contributed by atoms with Crippen molar-refractivity contribution in [1.29, 1.82) is 0 Å². The van der Waals surface area contributed by atoms with Gasteiger partial charge in [0.15, 0.2) is 0 Å². The number of benzene rings is 1. The molecule has 0 unspecified atom stereocenters. The van der Waals surface area contributed by atoms with E-state index in [4.69, 9.17) is 10.5 Å². The molecule has 36 heavy (non-hydrogen) atoms. The van der Waals surface area contributed by atoms with E-state index < -0.39 is 27.1 Å². The van der Waals surface area contributed by atoms with Crippen molar-refractivity contribution in [3.05, 3.63) is 36.3 Å². The first-order chi connectivity index (χ1) is 17.0. The van der Waals surface area contributed by atoms with Gasteiger partial charge in [-0.05, 0) is 50.3 Å². The number of halogens is 2. The predicted octanol–water partition coefficient (Wildman–Crippen LogP) is 1.99. The molecule has 1 aromatic carbocycles. The lowest BCUT2D eigenvalue weighted by molar-refractivity contribution is -0.199. The van der Waals surface area contributed by atoms with Gasteiger partial charge >= 0.3 is 0 Å². The molecule has 0 atom stereocenters. The fourth-order valence-electron chi connectivity index (χ4n) is 5.58. The molecule has 2 aromatic heterocycles. The SMILES string of the molecule is Cc1ccc(S(=O)(=O)NC23CCC(CN4CC(F)(F)C4)(CC2)OC3)cc1-c1cn2c(N)ncnc2n1. The van der Waals surface area contributed by atoms with Crippen LogP contribution in [0.3, 0.4) is 0 Å². The second-order valence-corrected chi connectivity index (χ2v) is 12.0. The van der Waals surface area contributed by atoms with Gasteiger partial charge in [-0.1, -0.05) is 6.07 Å². The zero-order valence-corrected chi connectivity index (χ0v) is 20.6. The molecule has 1 aliphatic carbocycles. The fraction of sp³-hybridized carbons (Fsp3) is 0.522. The number of aromatic nitrogens is 4. The zero-order chi connectivity index (χ0) is 25.3. The molecule has 3 aliphatic heterocycles. The van der Waals surface area contributed by atoms with E-state index in [0.29, 0.717) is 49.3 Å². The monoisotopic (exact) mass is 519 g/mol. The average Bonchev–Trinajstić information content (AvgIpc) is 3.24. The Morgan fingerprint density at radius 3 is 2.56 bits per heavy atom. The highest BCUT2D eigenvalue weighted by molar-refractivity contribution is 7.89. The molecular formula is C23H27F2N7O3S. The lowest BCUT2D eigenvalue weighted by Crippen LogP contribution is -2.67. The number of hydrogen-bond acceptors (Lipinski definition) is 8. The molecule has 3 saturated heterocycles. The summed E-state index contributed by atoms with van der Waals surface area (Å²) in [5, 5.41) is 0. The normalized spacial score (nSPS) is 27.9. The van der Waals surface area contributed by atoms with E-state index in [9.17, 15) is 17.2 Å². The van der Waals surface area contributed by atoms with Gasteiger partial charge in [-0.25, -0.2) is 36.9 Å². The number of alkyl halides is 2. The summed E-state index contributed by atoms with van der Waals surface area (Å²) < 4.78 is 64.0. The van der Waals surface area contributed by atoms with Gasteiger partial charge in [0, 0.05) is 18.3 Å². The molecule has 7 rings (SSSR count). The van der Waals surface area contributed by atoms with Crippen LogP contribution in [0.4, 0.5) is 14.7 Å². The van der Waals surface area contributed by atoms with E-state index >= 15 is 0 Å². The molecule has 4 aliphatic rings. The number of nitrogens with one attached hydrogen (secondary N) is 1. The van der Waals surface area contributed by atoms with Crippen LogP contribution in [-0.4, -0.2) is 76.0 Å². The lowest BCUT2D eigenvalue weighted by Gasteiger charge is -2.55. The molecule has 4 fully saturated rings. The average molecular weight is 520 g/mol. The van der Waals surface area contributed by atoms with Gasteiger partial charge in [0.25, 0.3) is 5.92 Å². The van der Waals surface area contributed by atoms with E-state index in [1.807, 2.05) is 6.92 Å². The Hall–Kier alpha value is -2.74. The molecule has 10 nitrogen and oxygen atoms in total. The van der Waals surface area contributed by atoms with Crippen molar-refractivity contribution in [2.75, 3.05) is 32.0 Å². The summed E-state index contributed by atoms with van der Waals surface area (Å²) in [6.45, 7) is 2.08. The van der Waals surface area contributed by atoms with Crippen LogP contribution in [0, 0.1) is 6.92 Å². The second kappa shape index (κ2) is 7.88. The van der Waals surface area contributed by atoms with Crippen molar-refractivity contribution < 1.29 is 21.9 Å². The number of hydrogen-bond donors (Lipinski definition) is 2. The largest absolute Gasteiger partial charge is 0.372 e. The van der Waals surface area contributed by atoms with Crippen molar-refractivity contribution in [3.8, 4) is 11.3 Å². The summed E-state index contributed by atoms with van der Waals surface area (Å²) in [6, 6.07) is 4.91. The van der Waals surface area contributed by atoms with Crippen LogP contribution < -0.4 is 10.5 Å². The van der Waals surface area contributed by atoms with Gasteiger partial charge < -0.3 is 10.5 Å². The third-order valence-corrected chi connectivity index (χ3v) is 9.21. The van der Waals surface area contributed by atoms with Gasteiger partial charge in [-0.2, -0.15) is 0 Å². The molecule has 192 valence electrons. The maximum Gasteiger partial charge on any atom is 0.272 e. The molecular weight excluding hydrogens is 492 g/mol. The number of rotatable bonds is 6. The Bertz CT molecular complexity index is 1430. The van der Waals surface area contributed by atoms with Crippen molar-refractivity contribution in [2.24, 2.45) is 0 Å². The molecule has 0 radical (unpaired) electrons. The van der Waals surface area contributed by atoms with Crippen LogP contribution in [0.5, 0.6) is 0 Å². The summed E-state index contributed by atoms with van der Waals surface area (Å²) in [6.07, 6.45) is 5.45. The van der Waals surface area contributed by atoms with Gasteiger partial charge in [0.2, 0.25) is 21.7 Å². The van der Waals surface area contributed by atoms with E-state index in [0.717, 1.165) is 5.56 Å². The Balaban J connectivity index is 1.21. The Kier molecular flexibility index (Phi) is 5.17. The second-order valence-electron chi connectivity index (χ2n) is 10.4. The maximum absolute atomic E-state index is 13.5. The third kappa shape index (κ3) is 4.03. The summed E-state index contributed by atoms with van der Waals surface area (Å²) in [5.74, 6) is -2.01. The van der Waals surface area contributed by atoms with Crippen molar-refractivity contribution >= 4 is 21.7 Å². The van der Waals surface area contributed by atoms with Crippen LogP contribution >= 0.6 is 0 Å². The number of ether oxygens (including phenoxy) is 1. The zero-order valence-electron chi connectivity index (χ0n) is 19.7. The van der Waals surface area contributed by atoms with E-state index in [1.54, 1.807) is 33.7 Å². The summed E-state index contributed by atoms with van der Waals surface area (Å²) >= 11 is 0. The highest BCUT2D eigenvalue weighted by Gasteiger charge is 2.54. The Morgan fingerprint density at radius 2 is 1.92 bits per heavy atom. The van der Waals surface area contributed by atoms with Gasteiger partial charge in [-0.15, -0.1) is 0 Å². The maximum atomic E-state index is 13.5. The van der Waals surface area contributed by atoms with Crippen LogP contribution in [0.1, 0.15) is 31.2 Å². The highest BCUT2D eigenvalue weighted by atomic mass is 32.2. The number of fused-ring (bicyclic) bond motifs is 4. The lowest BCUT2D eigenvalue weighted by atomic mass is 9.71. The summed E-state index contributed by atoms with van der Waals surface area (Å²) in [5.41, 5.74) is 6.74. The van der Waals surface area contributed by atoms with Crippen LogP contribution in [0.25, 0.3) is 17.0 Å². The molecule has 2 bridgehead atoms. The Labute approximate surface area is 206 Å². The minimum atomic E-state index is -3.87. The minimum Gasteiger partial charge on any atom is -0.372 e. The fourth-order valence-corrected chi connectivity index (χ4v) is 7.05. The molecule has 1 saturated carbocycles. The van der Waals surface area contributed by atoms with Crippen LogP contribution in [-0.2, 0) is 14.8 Å². The van der Waals surface area contributed by atoms with E-state index in [-0.39, 0.29) is 30.5 Å². The molecule has 3 aromatic rings. The summed E-state index contributed by atoms with van der Waals surface area (Å²) in [7, 11) is -3.87. The highest BCUT2D eigenvalue weighted by Crippen LogP contribution is 2.46. The van der Waals surface area contributed by atoms with Gasteiger partial charge in [0.05, 0.1) is 41.4 Å². The van der Waals surface area contributed by atoms with Crippen molar-refractivity contribution in [2.45, 2.75) is 54.6 Å². The van der Waals surface area contributed by atoms with Crippen molar-refractivity contribution in [1.82, 2.24) is 29.0 Å². The molecule has 0 amide bonds. The number of anilines is 1. The number of imidazole rings is 1. The quantitative estimate of drug-likeness (QED) is 0.506. The molecule has 3 N–H and O–H groups in total. The molecule has 13 heteroatoms. The van der Waals surface area contributed by atoms with Gasteiger partial charge in [-0.3, -0.25) is 9.30 Å². The number of likely N-dealkylation sites (tertiary alicyclic amines) is 1. The first-order valence-electron chi connectivity index (χ1n) is 11.8. The topological polar surface area (TPSA) is 128 Å². The van der Waals surface area contributed by atoms with Crippen LogP contribution in [0.15, 0.2) is 35.6 Å². The predicted molar refractivity (Wildman–Crippen MR) is 127 cm³/mol. The number of nitrogens with zero attached hydrogens (tertiary/aromatic N) is 5. The summed E-state index contributed by atoms with van der Waals surface area (Å²) in [4.78, 5) is 14.4. The number of aryl methyl sites for hydroxylation is 1. The minimum absolute atomic E-state index is 0.124. The standard InChI is InChI=1S/C23H27F2N7O3S/c1-15-2-3-16(8-17(15)18-9-32-19(26)27-14-28-20(32)29-18)36(33,34)30-21-4-6-22(7-5-21,35-13-21)10-31-11-23(24,25)12-31/h2-3,8-9,14,30H,4-7,10-13H2,1H3,(H2,26,27,28,29). The van der Waals surface area contributed by atoms with Crippen molar-refractivity contribution in [3.63, 3.8) is 0 Å². The molecule has 0 spiro atoms. The van der Waals surface area contributed by atoms with E-state index in [2.05, 4.69) is 19.7 Å². The van der Waals surface area contributed by atoms with Gasteiger partial charge in [0.1, 0.15) is 6.33 Å². The number of nitrogen functional groups attached to an aromatic ring is 1. The first kappa shape index (κ1) is 23.6. The van der Waals surface area contributed by atoms with E-state index in [1.165, 1.54) is 6.33 Å². The Morgan fingerprint density at radius 1 is 1.17 bits per heavy atom. The smallest absolute Gasteiger partial charge is 0.272 e. The third-order valence-electron chi connectivity index (χ3n) is 7.64.